The van der Waals surface area contributed by atoms with Crippen molar-refractivity contribution < 1.29 is 14.3 Å². The maximum absolute atomic E-state index is 11.3. The molecular weight excluding hydrogens is 264 g/mol. The fourth-order valence-electron chi connectivity index (χ4n) is 1.46. The van der Waals surface area contributed by atoms with Gasteiger partial charge in [0.05, 0.1) is 16.8 Å². The summed E-state index contributed by atoms with van der Waals surface area (Å²) in [4.78, 5) is 15.6. The highest BCUT2D eigenvalue weighted by Gasteiger charge is 2.09. The fraction of sp³-hybridized carbons (Fsp3) is 0.308. The second-order valence-corrected chi connectivity index (χ2v) is 4.94. The Morgan fingerprint density at radius 3 is 3.05 bits per heavy atom. The van der Waals surface area contributed by atoms with E-state index in [0.717, 1.165) is 15.2 Å². The zero-order valence-corrected chi connectivity index (χ0v) is 11.1. The van der Waals surface area contributed by atoms with Crippen molar-refractivity contribution in [1.82, 2.24) is 4.98 Å². The highest BCUT2D eigenvalue weighted by molar-refractivity contribution is 7.18. The second kappa shape index (κ2) is 6.27. The number of carbonyl (C=O) groups excluding carboxylic acids is 1. The molecule has 0 unspecified atom stereocenters. The average Bonchev–Trinajstić information content (AvgIpc) is 2.81. The Labute approximate surface area is 114 Å². The Balaban J connectivity index is 1.83. The average molecular weight is 276 g/mol. The summed E-state index contributed by atoms with van der Waals surface area (Å²) in [5.74, 6) is -0.546. The lowest BCUT2D eigenvalue weighted by atomic mass is 10.3. The van der Waals surface area contributed by atoms with Crippen molar-refractivity contribution in [2.45, 2.75) is 19.6 Å². The van der Waals surface area contributed by atoms with Crippen LogP contribution in [0.25, 0.3) is 10.2 Å². The summed E-state index contributed by atoms with van der Waals surface area (Å²) >= 11 is 1.53. The van der Waals surface area contributed by atoms with Crippen LogP contribution in [0.15, 0.2) is 24.3 Å². The van der Waals surface area contributed by atoms with Crippen LogP contribution < -0.4 is 0 Å². The number of para-hydroxylation sites is 1. The first kappa shape index (κ1) is 13.5. The molecule has 0 aliphatic carbocycles. The maximum atomic E-state index is 11.3. The Bertz CT molecular complexity index is 585. The Morgan fingerprint density at radius 1 is 1.53 bits per heavy atom. The van der Waals surface area contributed by atoms with Gasteiger partial charge in [-0.1, -0.05) is 12.1 Å². The Hall–Kier alpha value is -1.97. The van der Waals surface area contributed by atoms with Crippen LogP contribution in [0, 0.1) is 11.3 Å². The molecule has 1 aromatic heterocycles. The summed E-state index contributed by atoms with van der Waals surface area (Å²) in [6, 6.07) is 9.60. The number of benzene rings is 1. The van der Waals surface area contributed by atoms with E-state index in [2.05, 4.69) is 4.98 Å². The lowest BCUT2D eigenvalue weighted by Gasteiger charge is -2.05. The summed E-state index contributed by atoms with van der Waals surface area (Å²) < 4.78 is 11.1. The summed E-state index contributed by atoms with van der Waals surface area (Å²) in [6.07, 6.45) is -0.751. The van der Waals surface area contributed by atoms with Crippen LogP contribution in [0.1, 0.15) is 11.9 Å². The van der Waals surface area contributed by atoms with Crippen LogP contribution in [-0.2, 0) is 20.9 Å². The molecule has 0 spiro atoms. The number of esters is 1. The molecule has 98 valence electrons. The number of nitriles is 1. The van der Waals surface area contributed by atoms with Gasteiger partial charge in [-0.05, 0) is 19.1 Å². The van der Waals surface area contributed by atoms with Gasteiger partial charge in [0.2, 0.25) is 0 Å². The van der Waals surface area contributed by atoms with Gasteiger partial charge in [0.25, 0.3) is 0 Å². The summed E-state index contributed by atoms with van der Waals surface area (Å²) in [5.41, 5.74) is 0.923. The van der Waals surface area contributed by atoms with E-state index in [9.17, 15) is 4.79 Å². The minimum atomic E-state index is -0.751. The first-order valence-corrected chi connectivity index (χ1v) is 6.52. The number of hydrogen-bond acceptors (Lipinski definition) is 6. The van der Waals surface area contributed by atoms with Gasteiger partial charge >= 0.3 is 5.97 Å². The second-order valence-electron chi connectivity index (χ2n) is 3.83. The van der Waals surface area contributed by atoms with Gasteiger partial charge < -0.3 is 9.47 Å². The van der Waals surface area contributed by atoms with Crippen molar-refractivity contribution in [2.24, 2.45) is 0 Å². The van der Waals surface area contributed by atoms with E-state index in [1.807, 2.05) is 30.3 Å². The maximum Gasteiger partial charge on any atom is 0.333 e. The zero-order chi connectivity index (χ0) is 13.7. The molecule has 19 heavy (non-hydrogen) atoms. The molecule has 2 rings (SSSR count). The van der Waals surface area contributed by atoms with Crippen LogP contribution in [0.4, 0.5) is 0 Å². The van der Waals surface area contributed by atoms with Crippen molar-refractivity contribution in [2.75, 3.05) is 6.61 Å². The minimum Gasteiger partial charge on any atom is -0.446 e. The molecule has 1 atom stereocenters. The highest BCUT2D eigenvalue weighted by Crippen LogP contribution is 2.21. The molecule has 0 saturated carbocycles. The van der Waals surface area contributed by atoms with Crippen LogP contribution in [0.2, 0.25) is 0 Å². The molecule has 0 radical (unpaired) electrons. The number of thiazole rings is 1. The molecule has 0 aliphatic heterocycles. The molecule has 0 amide bonds. The lowest BCUT2D eigenvalue weighted by Crippen LogP contribution is -2.17. The zero-order valence-electron chi connectivity index (χ0n) is 10.3. The van der Waals surface area contributed by atoms with E-state index in [4.69, 9.17) is 14.7 Å². The van der Waals surface area contributed by atoms with Crippen molar-refractivity contribution in [3.8, 4) is 6.07 Å². The smallest absolute Gasteiger partial charge is 0.333 e. The molecule has 0 N–H and O–H groups in total. The highest BCUT2D eigenvalue weighted by atomic mass is 32.1. The van der Waals surface area contributed by atoms with E-state index < -0.39 is 12.1 Å². The molecule has 1 aromatic carbocycles. The molecule has 6 heteroatoms. The third kappa shape index (κ3) is 3.74. The number of nitrogens with zero attached hydrogens (tertiary/aromatic N) is 2. The third-order valence-electron chi connectivity index (χ3n) is 2.27. The van der Waals surface area contributed by atoms with Crippen molar-refractivity contribution in [1.29, 1.82) is 5.26 Å². The van der Waals surface area contributed by atoms with E-state index in [1.54, 1.807) is 0 Å². The summed E-state index contributed by atoms with van der Waals surface area (Å²) in [6.45, 7) is 1.59. The normalized spacial score (nSPS) is 12.0. The number of fused-ring (bicyclic) bond motifs is 1. The fourth-order valence-corrected chi connectivity index (χ4v) is 2.37. The van der Waals surface area contributed by atoms with Gasteiger partial charge in [0.1, 0.15) is 17.7 Å². The van der Waals surface area contributed by atoms with Crippen LogP contribution in [0.3, 0.4) is 0 Å². The number of rotatable bonds is 5. The third-order valence-corrected chi connectivity index (χ3v) is 3.28. The van der Waals surface area contributed by atoms with Crippen LogP contribution in [-0.4, -0.2) is 23.7 Å². The van der Waals surface area contributed by atoms with Gasteiger partial charge in [-0.25, -0.2) is 9.78 Å². The minimum absolute atomic E-state index is 0.179. The van der Waals surface area contributed by atoms with Gasteiger partial charge in [-0.15, -0.1) is 11.3 Å². The predicted octanol–water partition coefficient (Wildman–Crippen LogP) is 2.27. The Kier molecular flexibility index (Phi) is 4.44. The predicted molar refractivity (Wildman–Crippen MR) is 70.4 cm³/mol. The standard InChI is InChI=1S/C13H12N2O3S/c1-9(6-14)18-13(16)8-17-7-12-15-10-4-2-3-5-11(10)19-12/h2-5,9H,7-8H2,1H3/t9-/m0/s1. The van der Waals surface area contributed by atoms with E-state index in [1.165, 1.54) is 18.3 Å². The van der Waals surface area contributed by atoms with Crippen LogP contribution in [0.5, 0.6) is 0 Å². The molecular formula is C13H12N2O3S. The molecule has 5 nitrogen and oxygen atoms in total. The molecule has 0 aliphatic rings. The van der Waals surface area contributed by atoms with Gasteiger partial charge in [-0.2, -0.15) is 5.26 Å². The van der Waals surface area contributed by atoms with Gasteiger partial charge in [-0.3, -0.25) is 0 Å². The summed E-state index contributed by atoms with van der Waals surface area (Å²) in [7, 11) is 0. The van der Waals surface area contributed by atoms with Crippen LogP contribution >= 0.6 is 11.3 Å². The largest absolute Gasteiger partial charge is 0.446 e. The molecule has 0 saturated heterocycles. The van der Waals surface area contributed by atoms with Gasteiger partial charge in [0, 0.05) is 0 Å². The van der Waals surface area contributed by atoms with Crippen molar-refractivity contribution in [3.63, 3.8) is 0 Å². The Morgan fingerprint density at radius 2 is 2.32 bits per heavy atom. The lowest BCUT2D eigenvalue weighted by molar-refractivity contribution is -0.151. The number of hydrogen-bond donors (Lipinski definition) is 0. The molecule has 2 aromatic rings. The topological polar surface area (TPSA) is 72.2 Å². The molecule has 0 bridgehead atoms. The first-order chi connectivity index (χ1) is 9.19. The van der Waals surface area contributed by atoms with Crippen molar-refractivity contribution in [3.05, 3.63) is 29.3 Å². The number of ether oxygens (including phenoxy) is 2. The van der Waals surface area contributed by atoms with Crippen molar-refractivity contribution >= 4 is 27.5 Å². The van der Waals surface area contributed by atoms with E-state index >= 15 is 0 Å². The molecule has 1 heterocycles. The van der Waals surface area contributed by atoms with E-state index in [0.29, 0.717) is 0 Å². The number of aromatic nitrogens is 1. The van der Waals surface area contributed by atoms with Gasteiger partial charge in [0.15, 0.2) is 6.10 Å². The van der Waals surface area contributed by atoms with E-state index in [-0.39, 0.29) is 13.2 Å². The number of carbonyl (C=O) groups is 1. The summed E-state index contributed by atoms with van der Waals surface area (Å²) in [5, 5.41) is 9.30. The molecule has 0 fully saturated rings. The SMILES string of the molecule is C[C@@H](C#N)OC(=O)COCc1nc2ccccc2s1. The monoisotopic (exact) mass is 276 g/mol. The first-order valence-electron chi connectivity index (χ1n) is 5.70. The quantitative estimate of drug-likeness (QED) is 0.783.